The standard InChI is InChI=1S/C7H14N2S/c1-6-2-9-7(10-3-6)4-8-5-7/h6,8-9H,2-5H2,1H3. The van der Waals surface area contributed by atoms with E-state index in [2.05, 4.69) is 29.3 Å². The Labute approximate surface area is 66.1 Å². The zero-order valence-electron chi connectivity index (χ0n) is 6.31. The second-order valence-electron chi connectivity index (χ2n) is 3.39. The molecule has 2 nitrogen and oxygen atoms in total. The molecule has 3 heteroatoms. The number of thioether (sulfide) groups is 1. The van der Waals surface area contributed by atoms with Crippen molar-refractivity contribution in [2.75, 3.05) is 25.4 Å². The van der Waals surface area contributed by atoms with Gasteiger partial charge >= 0.3 is 0 Å². The first-order valence-corrected chi connectivity index (χ1v) is 4.89. The highest BCUT2D eigenvalue weighted by Gasteiger charge is 2.39. The van der Waals surface area contributed by atoms with Crippen molar-refractivity contribution in [3.05, 3.63) is 0 Å². The fraction of sp³-hybridized carbons (Fsp3) is 1.00. The molecule has 0 bridgehead atoms. The van der Waals surface area contributed by atoms with Crippen LogP contribution < -0.4 is 10.6 Å². The van der Waals surface area contributed by atoms with Crippen molar-refractivity contribution in [2.45, 2.75) is 11.8 Å². The van der Waals surface area contributed by atoms with Gasteiger partial charge in [0.05, 0.1) is 4.87 Å². The highest BCUT2D eigenvalue weighted by Crippen LogP contribution is 2.31. The van der Waals surface area contributed by atoms with Crippen LogP contribution in [0.25, 0.3) is 0 Å². The van der Waals surface area contributed by atoms with E-state index in [0.717, 1.165) is 19.0 Å². The summed E-state index contributed by atoms with van der Waals surface area (Å²) >= 11 is 2.09. The van der Waals surface area contributed by atoms with Crippen LogP contribution in [0.2, 0.25) is 0 Å². The second kappa shape index (κ2) is 2.40. The fourth-order valence-electron chi connectivity index (χ4n) is 1.35. The molecule has 2 fully saturated rings. The minimum Gasteiger partial charge on any atom is -0.311 e. The lowest BCUT2D eigenvalue weighted by Crippen LogP contribution is -2.68. The van der Waals surface area contributed by atoms with Gasteiger partial charge in [-0.05, 0) is 18.2 Å². The first kappa shape index (κ1) is 6.95. The van der Waals surface area contributed by atoms with Crippen molar-refractivity contribution < 1.29 is 0 Å². The van der Waals surface area contributed by atoms with Crippen molar-refractivity contribution in [1.82, 2.24) is 10.6 Å². The molecule has 1 atom stereocenters. The molecule has 58 valence electrons. The third-order valence-electron chi connectivity index (χ3n) is 2.24. The van der Waals surface area contributed by atoms with Gasteiger partial charge in [0.1, 0.15) is 0 Å². The number of hydrogen-bond donors (Lipinski definition) is 2. The largest absolute Gasteiger partial charge is 0.311 e. The summed E-state index contributed by atoms with van der Waals surface area (Å²) in [5.74, 6) is 2.19. The molecule has 0 saturated carbocycles. The van der Waals surface area contributed by atoms with Gasteiger partial charge in [-0.2, -0.15) is 0 Å². The lowest BCUT2D eigenvalue weighted by molar-refractivity contribution is 0.302. The Balaban J connectivity index is 1.90. The van der Waals surface area contributed by atoms with E-state index in [4.69, 9.17) is 0 Å². The lowest BCUT2D eigenvalue weighted by Gasteiger charge is -2.46. The molecule has 0 aromatic carbocycles. The molecule has 0 aromatic heterocycles. The molecule has 2 rings (SSSR count). The van der Waals surface area contributed by atoms with Gasteiger partial charge in [-0.3, -0.25) is 0 Å². The molecule has 2 N–H and O–H groups in total. The van der Waals surface area contributed by atoms with Gasteiger partial charge in [-0.25, -0.2) is 0 Å². The molecule has 2 aliphatic heterocycles. The smallest absolute Gasteiger partial charge is 0.0897 e. The number of rotatable bonds is 0. The Kier molecular flexibility index (Phi) is 1.66. The van der Waals surface area contributed by atoms with Gasteiger partial charge in [0.2, 0.25) is 0 Å². The van der Waals surface area contributed by atoms with Crippen molar-refractivity contribution in [1.29, 1.82) is 0 Å². The fourth-order valence-corrected chi connectivity index (χ4v) is 2.67. The van der Waals surface area contributed by atoms with Crippen molar-refractivity contribution >= 4 is 11.8 Å². The zero-order valence-corrected chi connectivity index (χ0v) is 7.13. The molecular weight excluding hydrogens is 144 g/mol. The van der Waals surface area contributed by atoms with Crippen LogP contribution in [-0.2, 0) is 0 Å². The third kappa shape index (κ3) is 1.06. The molecular formula is C7H14N2S. The Morgan fingerprint density at radius 3 is 2.70 bits per heavy atom. The molecule has 0 aliphatic carbocycles. The van der Waals surface area contributed by atoms with E-state index in [0.29, 0.717) is 4.87 Å². The average Bonchev–Trinajstić information content (AvgIpc) is 1.86. The monoisotopic (exact) mass is 158 g/mol. The SMILES string of the molecule is CC1CNC2(CNC2)SC1. The van der Waals surface area contributed by atoms with E-state index < -0.39 is 0 Å². The van der Waals surface area contributed by atoms with Crippen LogP contribution >= 0.6 is 11.8 Å². The zero-order chi connectivity index (χ0) is 7.03. The summed E-state index contributed by atoms with van der Waals surface area (Å²) < 4.78 is 0. The molecule has 0 radical (unpaired) electrons. The van der Waals surface area contributed by atoms with Crippen LogP contribution in [0.15, 0.2) is 0 Å². The quantitative estimate of drug-likeness (QED) is 0.529. The molecule has 2 aliphatic rings. The van der Waals surface area contributed by atoms with E-state index in [1.54, 1.807) is 0 Å². The normalized spacial score (nSPS) is 37.5. The van der Waals surface area contributed by atoms with Gasteiger partial charge in [0, 0.05) is 13.1 Å². The molecule has 10 heavy (non-hydrogen) atoms. The Morgan fingerprint density at radius 1 is 1.50 bits per heavy atom. The van der Waals surface area contributed by atoms with Crippen LogP contribution in [0.5, 0.6) is 0 Å². The van der Waals surface area contributed by atoms with Crippen LogP contribution in [0, 0.1) is 5.92 Å². The second-order valence-corrected chi connectivity index (χ2v) is 4.80. The van der Waals surface area contributed by atoms with Gasteiger partial charge in [0.15, 0.2) is 0 Å². The summed E-state index contributed by atoms with van der Waals surface area (Å²) in [5.41, 5.74) is 0. The van der Waals surface area contributed by atoms with Gasteiger partial charge < -0.3 is 10.6 Å². The maximum absolute atomic E-state index is 3.58. The first-order chi connectivity index (χ1) is 4.81. The topological polar surface area (TPSA) is 24.1 Å². The van der Waals surface area contributed by atoms with Gasteiger partial charge in [0.25, 0.3) is 0 Å². The predicted octanol–water partition coefficient (Wildman–Crippen LogP) is 0.258. The minimum atomic E-state index is 0.437. The predicted molar refractivity (Wildman–Crippen MR) is 45.2 cm³/mol. The molecule has 0 amide bonds. The maximum atomic E-state index is 3.58. The third-order valence-corrected chi connectivity index (χ3v) is 3.96. The van der Waals surface area contributed by atoms with Gasteiger partial charge in [-0.1, -0.05) is 6.92 Å². The van der Waals surface area contributed by atoms with Crippen LogP contribution in [-0.4, -0.2) is 30.3 Å². The Morgan fingerprint density at radius 2 is 2.30 bits per heavy atom. The summed E-state index contributed by atoms with van der Waals surface area (Å²) in [6.07, 6.45) is 0. The van der Waals surface area contributed by atoms with Crippen molar-refractivity contribution in [2.24, 2.45) is 5.92 Å². The average molecular weight is 158 g/mol. The summed E-state index contributed by atoms with van der Waals surface area (Å²) in [4.78, 5) is 0.437. The van der Waals surface area contributed by atoms with Crippen LogP contribution in [0.3, 0.4) is 0 Å². The molecule has 2 saturated heterocycles. The molecule has 1 unspecified atom stereocenters. The maximum Gasteiger partial charge on any atom is 0.0897 e. The van der Waals surface area contributed by atoms with Crippen molar-refractivity contribution in [3.63, 3.8) is 0 Å². The summed E-state index contributed by atoms with van der Waals surface area (Å²) in [6.45, 7) is 5.82. The molecule has 0 aromatic rings. The van der Waals surface area contributed by atoms with Crippen LogP contribution in [0.1, 0.15) is 6.92 Å². The first-order valence-electron chi connectivity index (χ1n) is 3.90. The Bertz CT molecular complexity index is 124. The summed E-state index contributed by atoms with van der Waals surface area (Å²) in [6, 6.07) is 0. The van der Waals surface area contributed by atoms with E-state index in [9.17, 15) is 0 Å². The number of nitrogens with one attached hydrogen (secondary N) is 2. The number of hydrogen-bond acceptors (Lipinski definition) is 3. The summed E-state index contributed by atoms with van der Waals surface area (Å²) in [7, 11) is 0. The Hall–Kier alpha value is 0.270. The highest BCUT2D eigenvalue weighted by atomic mass is 32.2. The van der Waals surface area contributed by atoms with Crippen molar-refractivity contribution in [3.8, 4) is 0 Å². The van der Waals surface area contributed by atoms with Gasteiger partial charge in [-0.15, -0.1) is 11.8 Å². The summed E-state index contributed by atoms with van der Waals surface area (Å²) in [5, 5.41) is 6.89. The lowest BCUT2D eigenvalue weighted by atomic mass is 10.1. The van der Waals surface area contributed by atoms with Crippen LogP contribution in [0.4, 0.5) is 0 Å². The van der Waals surface area contributed by atoms with E-state index in [1.807, 2.05) is 0 Å². The minimum absolute atomic E-state index is 0.437. The van der Waals surface area contributed by atoms with E-state index in [1.165, 1.54) is 12.3 Å². The molecule has 1 spiro atoms. The highest BCUT2D eigenvalue weighted by molar-refractivity contribution is 8.00. The molecule has 2 heterocycles. The van der Waals surface area contributed by atoms with E-state index >= 15 is 0 Å². The van der Waals surface area contributed by atoms with E-state index in [-0.39, 0.29) is 0 Å².